The van der Waals surface area contributed by atoms with Crippen LogP contribution in [0.4, 0.5) is 0 Å². The predicted molar refractivity (Wildman–Crippen MR) is 103 cm³/mol. The molecule has 0 unspecified atom stereocenters. The first-order valence-electron chi connectivity index (χ1n) is 8.90. The summed E-state index contributed by atoms with van der Waals surface area (Å²) in [5.41, 5.74) is 3.48. The predicted octanol–water partition coefficient (Wildman–Crippen LogP) is 2.34. The molecule has 0 fully saturated rings. The zero-order chi connectivity index (χ0) is 19.4. The summed E-state index contributed by atoms with van der Waals surface area (Å²) in [7, 11) is -2.19. The van der Waals surface area contributed by atoms with E-state index in [0.29, 0.717) is 5.56 Å². The topological polar surface area (TPSA) is 84.5 Å². The Balaban J connectivity index is 1.79. The van der Waals surface area contributed by atoms with Gasteiger partial charge in [0.15, 0.2) is 0 Å². The third-order valence-electron chi connectivity index (χ3n) is 4.80. The molecule has 6 nitrogen and oxygen atoms in total. The molecule has 1 atom stereocenters. The van der Waals surface area contributed by atoms with Crippen molar-refractivity contribution in [2.75, 3.05) is 20.3 Å². The lowest BCUT2D eigenvalue weighted by Gasteiger charge is -2.16. The van der Waals surface area contributed by atoms with Crippen LogP contribution in [-0.2, 0) is 21.2 Å². The number of aryl methyl sites for hydroxylation is 2. The number of rotatable bonds is 7. The number of sulfonamides is 1. The summed E-state index contributed by atoms with van der Waals surface area (Å²) in [6.07, 6.45) is 1.78. The molecule has 3 rings (SSSR count). The molecule has 1 aliphatic carbocycles. The van der Waals surface area contributed by atoms with Crippen LogP contribution in [0.5, 0.6) is 0 Å². The molecule has 0 radical (unpaired) electrons. The standard InChI is InChI=1S/C20H24N2O4S/c1-14-7-9-16(27(24,25)21-11-12-26-2)13-18(14)20(23)22-19-10-8-15-5-3-4-6-17(15)19/h3-7,9,13,19,21H,8,10-12H2,1-2H3,(H,22,23)/t19-/m0/s1. The normalized spacial score (nSPS) is 16.1. The van der Waals surface area contributed by atoms with E-state index < -0.39 is 10.0 Å². The molecule has 2 aromatic carbocycles. The molecule has 0 bridgehead atoms. The highest BCUT2D eigenvalue weighted by atomic mass is 32.2. The smallest absolute Gasteiger partial charge is 0.252 e. The van der Waals surface area contributed by atoms with Crippen molar-refractivity contribution in [3.63, 3.8) is 0 Å². The van der Waals surface area contributed by atoms with Crippen molar-refractivity contribution in [1.82, 2.24) is 10.0 Å². The van der Waals surface area contributed by atoms with E-state index in [1.54, 1.807) is 13.0 Å². The Morgan fingerprint density at radius 2 is 2.00 bits per heavy atom. The van der Waals surface area contributed by atoms with E-state index in [1.165, 1.54) is 24.8 Å². The molecule has 1 amide bonds. The molecule has 0 heterocycles. The highest BCUT2D eigenvalue weighted by molar-refractivity contribution is 7.89. The molecule has 144 valence electrons. The third kappa shape index (κ3) is 4.37. The summed E-state index contributed by atoms with van der Waals surface area (Å²) in [4.78, 5) is 12.9. The van der Waals surface area contributed by atoms with Crippen LogP contribution >= 0.6 is 0 Å². The van der Waals surface area contributed by atoms with Crippen LogP contribution in [0, 0.1) is 6.92 Å². The number of hydrogen-bond donors (Lipinski definition) is 2. The van der Waals surface area contributed by atoms with Gasteiger partial charge in [-0.05, 0) is 48.6 Å². The van der Waals surface area contributed by atoms with Crippen molar-refractivity contribution in [3.05, 3.63) is 64.7 Å². The number of fused-ring (bicyclic) bond motifs is 1. The van der Waals surface area contributed by atoms with Gasteiger partial charge in [0.1, 0.15) is 0 Å². The van der Waals surface area contributed by atoms with Crippen LogP contribution in [0.15, 0.2) is 47.4 Å². The van der Waals surface area contributed by atoms with E-state index >= 15 is 0 Å². The number of nitrogens with one attached hydrogen (secondary N) is 2. The van der Waals surface area contributed by atoms with Crippen LogP contribution in [0.25, 0.3) is 0 Å². The number of hydrogen-bond acceptors (Lipinski definition) is 4. The fourth-order valence-electron chi connectivity index (χ4n) is 3.32. The van der Waals surface area contributed by atoms with Gasteiger partial charge in [-0.3, -0.25) is 4.79 Å². The summed E-state index contributed by atoms with van der Waals surface area (Å²) in [6, 6.07) is 12.6. The number of carbonyl (C=O) groups is 1. The van der Waals surface area contributed by atoms with Crippen molar-refractivity contribution in [2.24, 2.45) is 0 Å². The Morgan fingerprint density at radius 3 is 2.78 bits per heavy atom. The van der Waals surface area contributed by atoms with Crippen LogP contribution in [0.1, 0.15) is 39.5 Å². The summed E-state index contributed by atoms with van der Waals surface area (Å²) in [5.74, 6) is -0.261. The number of ether oxygens (including phenoxy) is 1. The molecule has 27 heavy (non-hydrogen) atoms. The molecule has 7 heteroatoms. The Kier molecular flexibility index (Phi) is 5.94. The van der Waals surface area contributed by atoms with Gasteiger partial charge in [-0.2, -0.15) is 0 Å². The van der Waals surface area contributed by atoms with Crippen molar-refractivity contribution in [2.45, 2.75) is 30.7 Å². The number of methoxy groups -OCH3 is 1. The van der Waals surface area contributed by atoms with Gasteiger partial charge >= 0.3 is 0 Å². The van der Waals surface area contributed by atoms with Crippen molar-refractivity contribution < 1.29 is 17.9 Å². The molecule has 0 aliphatic heterocycles. The van der Waals surface area contributed by atoms with Crippen LogP contribution in [0.3, 0.4) is 0 Å². The monoisotopic (exact) mass is 388 g/mol. The van der Waals surface area contributed by atoms with Crippen molar-refractivity contribution in [3.8, 4) is 0 Å². The second kappa shape index (κ2) is 8.21. The zero-order valence-electron chi connectivity index (χ0n) is 15.5. The molecule has 2 aromatic rings. The molecule has 0 aromatic heterocycles. The van der Waals surface area contributed by atoms with Gasteiger partial charge in [0.25, 0.3) is 5.91 Å². The maximum atomic E-state index is 12.8. The van der Waals surface area contributed by atoms with Gasteiger partial charge in [0.2, 0.25) is 10.0 Å². The lowest BCUT2D eigenvalue weighted by atomic mass is 10.1. The fourth-order valence-corrected chi connectivity index (χ4v) is 4.36. The number of benzene rings is 2. The lowest BCUT2D eigenvalue weighted by Crippen LogP contribution is -2.29. The van der Waals surface area contributed by atoms with E-state index in [2.05, 4.69) is 16.1 Å². The maximum Gasteiger partial charge on any atom is 0.252 e. The highest BCUT2D eigenvalue weighted by Crippen LogP contribution is 2.31. The molecular weight excluding hydrogens is 364 g/mol. The van der Waals surface area contributed by atoms with E-state index in [-0.39, 0.29) is 30.0 Å². The quantitative estimate of drug-likeness (QED) is 0.713. The van der Waals surface area contributed by atoms with Gasteiger partial charge in [-0.15, -0.1) is 0 Å². The molecular formula is C20H24N2O4S. The van der Waals surface area contributed by atoms with E-state index in [0.717, 1.165) is 24.0 Å². The first-order chi connectivity index (χ1) is 12.9. The molecule has 1 aliphatic rings. The highest BCUT2D eigenvalue weighted by Gasteiger charge is 2.25. The molecule has 0 spiro atoms. The second-order valence-corrected chi connectivity index (χ2v) is 8.40. The fraction of sp³-hybridized carbons (Fsp3) is 0.350. The molecule has 0 saturated carbocycles. The van der Waals surface area contributed by atoms with Gasteiger partial charge in [0, 0.05) is 19.2 Å². The third-order valence-corrected chi connectivity index (χ3v) is 6.26. The van der Waals surface area contributed by atoms with E-state index in [4.69, 9.17) is 4.74 Å². The van der Waals surface area contributed by atoms with E-state index in [9.17, 15) is 13.2 Å². The number of carbonyl (C=O) groups excluding carboxylic acids is 1. The second-order valence-electron chi connectivity index (χ2n) is 6.63. The summed E-state index contributed by atoms with van der Waals surface area (Å²) in [5, 5.41) is 3.05. The Labute approximate surface area is 160 Å². The van der Waals surface area contributed by atoms with Gasteiger partial charge in [-0.25, -0.2) is 13.1 Å². The first kappa shape index (κ1) is 19.5. The molecule has 0 saturated heterocycles. The maximum absolute atomic E-state index is 12.8. The minimum atomic E-state index is -3.69. The largest absolute Gasteiger partial charge is 0.383 e. The zero-order valence-corrected chi connectivity index (χ0v) is 16.3. The average Bonchev–Trinajstić information content (AvgIpc) is 3.05. The minimum Gasteiger partial charge on any atom is -0.383 e. The van der Waals surface area contributed by atoms with Crippen LogP contribution in [0.2, 0.25) is 0 Å². The summed E-state index contributed by atoms with van der Waals surface area (Å²) in [6.45, 7) is 2.25. The van der Waals surface area contributed by atoms with Gasteiger partial charge in [-0.1, -0.05) is 30.3 Å². The van der Waals surface area contributed by atoms with Crippen molar-refractivity contribution >= 4 is 15.9 Å². The molecule has 2 N–H and O–H groups in total. The Hall–Kier alpha value is -2.22. The Bertz CT molecular complexity index is 941. The van der Waals surface area contributed by atoms with Crippen LogP contribution < -0.4 is 10.0 Å². The van der Waals surface area contributed by atoms with Crippen LogP contribution in [-0.4, -0.2) is 34.6 Å². The Morgan fingerprint density at radius 1 is 1.22 bits per heavy atom. The van der Waals surface area contributed by atoms with Gasteiger partial charge in [0.05, 0.1) is 17.5 Å². The summed E-state index contributed by atoms with van der Waals surface area (Å²) < 4.78 is 32.1. The summed E-state index contributed by atoms with van der Waals surface area (Å²) >= 11 is 0. The lowest BCUT2D eigenvalue weighted by molar-refractivity contribution is 0.0936. The van der Waals surface area contributed by atoms with Gasteiger partial charge < -0.3 is 10.1 Å². The number of amides is 1. The first-order valence-corrected chi connectivity index (χ1v) is 10.4. The SMILES string of the molecule is COCCNS(=O)(=O)c1ccc(C)c(C(=O)N[C@H]2CCc3ccccc32)c1. The average molecular weight is 388 g/mol. The minimum absolute atomic E-state index is 0.0480. The van der Waals surface area contributed by atoms with E-state index in [1.807, 2.05) is 18.2 Å². The van der Waals surface area contributed by atoms with Crippen molar-refractivity contribution in [1.29, 1.82) is 0 Å².